The Balaban J connectivity index is 1.84. The third kappa shape index (κ3) is 6.50. The lowest BCUT2D eigenvalue weighted by Crippen LogP contribution is -2.38. The molecule has 5 nitrogen and oxygen atoms in total. The second-order valence-electron chi connectivity index (χ2n) is 7.46. The molecule has 1 aromatic carbocycles. The Bertz CT molecular complexity index is 589. The van der Waals surface area contributed by atoms with Crippen molar-refractivity contribution in [2.75, 3.05) is 25.0 Å². The van der Waals surface area contributed by atoms with E-state index in [0.29, 0.717) is 38.0 Å². The number of amides is 2. The Morgan fingerprint density at radius 3 is 2.36 bits per heavy atom. The van der Waals surface area contributed by atoms with Crippen molar-refractivity contribution in [3.05, 3.63) is 29.3 Å². The van der Waals surface area contributed by atoms with Gasteiger partial charge in [0.1, 0.15) is 0 Å². The van der Waals surface area contributed by atoms with Gasteiger partial charge in [0.05, 0.1) is 6.54 Å². The molecule has 0 saturated heterocycles. The molecule has 25 heavy (non-hydrogen) atoms. The molecule has 0 aliphatic heterocycles. The highest BCUT2D eigenvalue weighted by atomic mass is 16.2. The first-order valence-corrected chi connectivity index (χ1v) is 9.23. The van der Waals surface area contributed by atoms with Crippen molar-refractivity contribution in [2.45, 2.75) is 53.0 Å². The molecule has 2 amide bonds. The smallest absolute Gasteiger partial charge is 0.238 e. The maximum atomic E-state index is 12.5. The molecule has 0 spiro atoms. The van der Waals surface area contributed by atoms with E-state index in [9.17, 15) is 9.59 Å². The molecule has 0 unspecified atom stereocenters. The molecule has 0 radical (unpaired) electrons. The molecule has 1 aromatic rings. The third-order valence-electron chi connectivity index (χ3n) is 4.49. The van der Waals surface area contributed by atoms with Crippen LogP contribution in [-0.4, -0.2) is 42.4 Å². The Morgan fingerprint density at radius 1 is 1.16 bits per heavy atom. The van der Waals surface area contributed by atoms with Gasteiger partial charge in [0.2, 0.25) is 11.8 Å². The molecule has 1 aliphatic carbocycles. The minimum atomic E-state index is -0.00751. The Hall–Kier alpha value is -1.88. The highest BCUT2D eigenvalue weighted by molar-refractivity contribution is 5.93. The molecule has 1 aliphatic rings. The molecule has 1 saturated carbocycles. The summed E-state index contributed by atoms with van der Waals surface area (Å²) in [5.74, 6) is 0.507. The van der Waals surface area contributed by atoms with Gasteiger partial charge >= 0.3 is 0 Å². The van der Waals surface area contributed by atoms with Gasteiger partial charge < -0.3 is 10.6 Å². The topological polar surface area (TPSA) is 61.4 Å². The summed E-state index contributed by atoms with van der Waals surface area (Å²) < 4.78 is 0. The molecule has 2 N–H and O–H groups in total. The summed E-state index contributed by atoms with van der Waals surface area (Å²) in [6.45, 7) is 9.84. The number of nitrogens with zero attached hydrogens (tertiary/aromatic N) is 1. The van der Waals surface area contributed by atoms with Crippen LogP contribution in [0.4, 0.5) is 5.69 Å². The summed E-state index contributed by atoms with van der Waals surface area (Å²) in [5.41, 5.74) is 3.04. The molecule has 2 rings (SSSR count). The molecule has 0 atom stereocenters. The van der Waals surface area contributed by atoms with Crippen LogP contribution in [0.25, 0.3) is 0 Å². The quantitative estimate of drug-likeness (QED) is 0.723. The number of nitrogens with one attached hydrogen (secondary N) is 2. The predicted octanol–water partition coefficient (Wildman–Crippen LogP) is 2.87. The van der Waals surface area contributed by atoms with Crippen LogP contribution in [0.2, 0.25) is 0 Å². The summed E-state index contributed by atoms with van der Waals surface area (Å²) in [4.78, 5) is 26.5. The zero-order chi connectivity index (χ0) is 18.4. The van der Waals surface area contributed by atoms with Crippen LogP contribution in [0, 0.1) is 19.8 Å². The largest absolute Gasteiger partial charge is 0.356 e. The molecule has 0 aromatic heterocycles. The van der Waals surface area contributed by atoms with Crippen molar-refractivity contribution in [1.29, 1.82) is 0 Å². The Morgan fingerprint density at radius 2 is 1.80 bits per heavy atom. The van der Waals surface area contributed by atoms with Gasteiger partial charge in [-0.15, -0.1) is 0 Å². The molecule has 1 fully saturated rings. The molecule has 0 heterocycles. The van der Waals surface area contributed by atoms with Crippen LogP contribution in [0.3, 0.4) is 0 Å². The predicted molar refractivity (Wildman–Crippen MR) is 102 cm³/mol. The maximum Gasteiger partial charge on any atom is 0.238 e. The van der Waals surface area contributed by atoms with E-state index in [1.807, 2.05) is 32.0 Å². The summed E-state index contributed by atoms with van der Waals surface area (Å²) >= 11 is 0. The van der Waals surface area contributed by atoms with Crippen molar-refractivity contribution in [1.82, 2.24) is 10.2 Å². The van der Waals surface area contributed by atoms with Gasteiger partial charge in [-0.25, -0.2) is 0 Å². The Kier molecular flexibility index (Phi) is 7.00. The lowest BCUT2D eigenvalue weighted by Gasteiger charge is -2.22. The first kappa shape index (κ1) is 19.4. The van der Waals surface area contributed by atoms with E-state index in [0.717, 1.165) is 29.7 Å². The van der Waals surface area contributed by atoms with Gasteiger partial charge in [-0.2, -0.15) is 0 Å². The van der Waals surface area contributed by atoms with Crippen LogP contribution in [0.5, 0.6) is 0 Å². The van der Waals surface area contributed by atoms with Gasteiger partial charge in [0, 0.05) is 31.2 Å². The van der Waals surface area contributed by atoms with Gasteiger partial charge in [-0.05, 0) is 43.7 Å². The lowest BCUT2D eigenvalue weighted by molar-refractivity contribution is -0.122. The summed E-state index contributed by atoms with van der Waals surface area (Å²) in [6, 6.07) is 6.44. The number of carbonyl (C=O) groups excluding carboxylic acids is 2. The van der Waals surface area contributed by atoms with Crippen molar-refractivity contribution in [3.8, 4) is 0 Å². The van der Waals surface area contributed by atoms with Crippen LogP contribution < -0.4 is 10.6 Å². The van der Waals surface area contributed by atoms with Gasteiger partial charge in [0.25, 0.3) is 0 Å². The number of rotatable bonds is 9. The second kappa shape index (κ2) is 8.99. The Labute approximate surface area is 151 Å². The standard InChI is InChI=1S/C20H31N3O2/c1-14(2)12-21-18(24)10-11-23(17-8-9-17)13-19(25)22-20-15(3)6-5-7-16(20)4/h5-7,14,17H,8-13H2,1-4H3,(H,21,24)(H,22,25). The summed E-state index contributed by atoms with van der Waals surface area (Å²) in [6.07, 6.45) is 2.68. The first-order chi connectivity index (χ1) is 11.9. The number of aryl methyl sites for hydroxylation is 2. The minimum Gasteiger partial charge on any atom is -0.356 e. The SMILES string of the molecule is Cc1cccc(C)c1NC(=O)CN(CCC(=O)NCC(C)C)C1CC1. The van der Waals surface area contributed by atoms with Crippen molar-refractivity contribution in [2.24, 2.45) is 5.92 Å². The number of carbonyl (C=O) groups is 2. The first-order valence-electron chi connectivity index (χ1n) is 9.23. The van der Waals surface area contributed by atoms with Crippen LogP contribution in [0.15, 0.2) is 18.2 Å². The number of hydrogen-bond donors (Lipinski definition) is 2. The number of anilines is 1. The van der Waals surface area contributed by atoms with Crippen molar-refractivity contribution in [3.63, 3.8) is 0 Å². The van der Waals surface area contributed by atoms with Crippen molar-refractivity contribution >= 4 is 17.5 Å². The number of para-hydroxylation sites is 1. The normalized spacial score (nSPS) is 14.0. The monoisotopic (exact) mass is 345 g/mol. The zero-order valence-corrected chi connectivity index (χ0v) is 15.9. The van der Waals surface area contributed by atoms with Gasteiger partial charge in [-0.1, -0.05) is 32.0 Å². The fourth-order valence-corrected chi connectivity index (χ4v) is 2.86. The lowest BCUT2D eigenvalue weighted by atomic mass is 10.1. The minimum absolute atomic E-state index is 0.00751. The molecular weight excluding hydrogens is 314 g/mol. The van der Waals surface area contributed by atoms with Crippen LogP contribution in [0.1, 0.15) is 44.2 Å². The maximum absolute atomic E-state index is 12.5. The molecular formula is C20H31N3O2. The summed E-state index contributed by atoms with van der Waals surface area (Å²) in [7, 11) is 0. The fourth-order valence-electron chi connectivity index (χ4n) is 2.86. The van der Waals surface area contributed by atoms with E-state index >= 15 is 0 Å². The number of hydrogen-bond acceptors (Lipinski definition) is 3. The molecule has 5 heteroatoms. The van der Waals surface area contributed by atoms with Crippen molar-refractivity contribution < 1.29 is 9.59 Å². The van der Waals surface area contributed by atoms with E-state index in [1.54, 1.807) is 0 Å². The average Bonchev–Trinajstić information content (AvgIpc) is 3.38. The van der Waals surface area contributed by atoms with E-state index in [-0.39, 0.29) is 11.8 Å². The van der Waals surface area contributed by atoms with E-state index < -0.39 is 0 Å². The summed E-state index contributed by atoms with van der Waals surface area (Å²) in [5, 5.41) is 5.98. The van der Waals surface area contributed by atoms with Crippen LogP contribution in [-0.2, 0) is 9.59 Å². The highest BCUT2D eigenvalue weighted by Gasteiger charge is 2.30. The van der Waals surface area contributed by atoms with Gasteiger partial charge in [-0.3, -0.25) is 14.5 Å². The second-order valence-corrected chi connectivity index (χ2v) is 7.46. The average molecular weight is 345 g/mol. The molecule has 0 bridgehead atoms. The van der Waals surface area contributed by atoms with E-state index in [1.165, 1.54) is 0 Å². The highest BCUT2D eigenvalue weighted by Crippen LogP contribution is 2.27. The number of benzene rings is 1. The van der Waals surface area contributed by atoms with E-state index in [4.69, 9.17) is 0 Å². The zero-order valence-electron chi connectivity index (χ0n) is 15.9. The van der Waals surface area contributed by atoms with E-state index in [2.05, 4.69) is 29.4 Å². The molecule has 138 valence electrons. The van der Waals surface area contributed by atoms with Gasteiger partial charge in [0.15, 0.2) is 0 Å². The fraction of sp³-hybridized carbons (Fsp3) is 0.600. The third-order valence-corrected chi connectivity index (χ3v) is 4.49. The van der Waals surface area contributed by atoms with Crippen LogP contribution >= 0.6 is 0 Å².